The van der Waals surface area contributed by atoms with Crippen molar-refractivity contribution in [2.75, 3.05) is 0 Å². The first-order chi connectivity index (χ1) is 7.66. The van der Waals surface area contributed by atoms with E-state index in [9.17, 15) is 20.9 Å². The van der Waals surface area contributed by atoms with Crippen LogP contribution < -0.4 is 0 Å². The summed E-state index contributed by atoms with van der Waals surface area (Å²) < 4.78 is 61.2. The molecule has 0 saturated carbocycles. The SMILES string of the molecule is Cc1ccc(S(F)(F)C(F)(F)F)cc1.O=C=O. The van der Waals surface area contributed by atoms with Crippen LogP contribution in [0.1, 0.15) is 5.56 Å². The van der Waals surface area contributed by atoms with E-state index in [1.54, 1.807) is 6.92 Å². The van der Waals surface area contributed by atoms with Crippen molar-refractivity contribution in [2.45, 2.75) is 17.3 Å². The zero-order chi connectivity index (χ0) is 13.7. The molecule has 0 N–H and O–H groups in total. The number of aryl methyl sites for hydroxylation is 1. The van der Waals surface area contributed by atoms with Crippen molar-refractivity contribution in [1.82, 2.24) is 0 Å². The number of benzene rings is 1. The van der Waals surface area contributed by atoms with Crippen LogP contribution in [0.2, 0.25) is 0 Å². The van der Waals surface area contributed by atoms with Crippen LogP contribution in [0.15, 0.2) is 29.2 Å². The Bertz CT molecular complexity index is 393. The topological polar surface area (TPSA) is 34.1 Å². The van der Waals surface area contributed by atoms with E-state index < -0.39 is 21.2 Å². The summed E-state index contributed by atoms with van der Waals surface area (Å²) in [5.41, 5.74) is -4.81. The Kier molecular flexibility index (Phi) is 5.31. The number of carbonyl (C=O) groups excluding carboxylic acids is 2. The normalized spacial score (nSPS) is 12.1. The van der Waals surface area contributed by atoms with Crippen LogP contribution in [0.5, 0.6) is 0 Å². The van der Waals surface area contributed by atoms with Crippen LogP contribution in [0.3, 0.4) is 0 Å². The molecule has 0 heterocycles. The van der Waals surface area contributed by atoms with E-state index in [-0.39, 0.29) is 6.15 Å². The molecule has 0 saturated heterocycles. The van der Waals surface area contributed by atoms with Gasteiger partial charge in [0.2, 0.25) is 0 Å². The highest BCUT2D eigenvalue weighted by atomic mass is 32.3. The molecule has 0 aromatic heterocycles. The molecule has 0 atom stereocenters. The molecule has 1 rings (SSSR count). The monoisotopic (exact) mass is 274 g/mol. The predicted molar refractivity (Wildman–Crippen MR) is 50.3 cm³/mol. The highest BCUT2D eigenvalue weighted by molar-refractivity contribution is 8.26. The van der Waals surface area contributed by atoms with Crippen molar-refractivity contribution in [1.29, 1.82) is 0 Å². The smallest absolute Gasteiger partial charge is 0.186 e. The maximum atomic E-state index is 12.8. The molecule has 0 aliphatic carbocycles. The molecule has 0 amide bonds. The third-order valence-corrected chi connectivity index (χ3v) is 3.05. The first kappa shape index (κ1) is 15.6. The molecule has 1 aromatic rings. The van der Waals surface area contributed by atoms with Crippen LogP contribution in [-0.2, 0) is 9.59 Å². The van der Waals surface area contributed by atoms with Crippen LogP contribution >= 0.6 is 10.8 Å². The summed E-state index contributed by atoms with van der Waals surface area (Å²) in [7, 11) is -5.69. The second-order valence-electron chi connectivity index (χ2n) is 2.81. The number of alkyl halides is 3. The van der Waals surface area contributed by atoms with Crippen LogP contribution in [0.4, 0.5) is 20.9 Å². The van der Waals surface area contributed by atoms with Crippen LogP contribution in [0, 0.1) is 6.92 Å². The van der Waals surface area contributed by atoms with Gasteiger partial charge >= 0.3 is 11.7 Å². The van der Waals surface area contributed by atoms with Crippen LogP contribution in [-0.4, -0.2) is 11.7 Å². The lowest BCUT2D eigenvalue weighted by Gasteiger charge is -2.23. The van der Waals surface area contributed by atoms with Crippen molar-refractivity contribution in [3.63, 3.8) is 0 Å². The van der Waals surface area contributed by atoms with Gasteiger partial charge in [-0.15, -0.1) is 7.77 Å². The van der Waals surface area contributed by atoms with E-state index in [2.05, 4.69) is 0 Å². The maximum Gasteiger partial charge on any atom is 0.482 e. The highest BCUT2D eigenvalue weighted by Gasteiger charge is 2.54. The van der Waals surface area contributed by atoms with Crippen molar-refractivity contribution in [2.24, 2.45) is 0 Å². The highest BCUT2D eigenvalue weighted by Crippen LogP contribution is 2.70. The van der Waals surface area contributed by atoms with Gasteiger partial charge in [0.05, 0.1) is 4.90 Å². The van der Waals surface area contributed by atoms with Gasteiger partial charge in [0, 0.05) is 0 Å². The van der Waals surface area contributed by atoms with Crippen molar-refractivity contribution in [3.8, 4) is 0 Å². The van der Waals surface area contributed by atoms with Gasteiger partial charge in [-0.25, -0.2) is 0 Å². The lowest BCUT2D eigenvalue weighted by molar-refractivity contribution is -0.191. The Hall–Kier alpha value is -1.40. The number of rotatable bonds is 1. The quantitative estimate of drug-likeness (QED) is 0.728. The fourth-order valence-corrected chi connectivity index (χ4v) is 1.59. The predicted octanol–water partition coefficient (Wildman–Crippen LogP) is 3.86. The Morgan fingerprint density at radius 1 is 1.06 bits per heavy atom. The standard InChI is InChI=1S/C8H7F5S.CO2/c1-6-2-4-7(5-3-6)14(12,13)8(9,10)11;2-1-3/h2-5H,1H3;. The fourth-order valence-electron chi connectivity index (χ4n) is 0.843. The van der Waals surface area contributed by atoms with Gasteiger partial charge in [0.25, 0.3) is 0 Å². The summed E-state index contributed by atoms with van der Waals surface area (Å²) >= 11 is 0. The first-order valence-corrected chi connectivity index (χ1v) is 5.45. The van der Waals surface area contributed by atoms with Gasteiger partial charge < -0.3 is 0 Å². The van der Waals surface area contributed by atoms with Crippen molar-refractivity contribution in [3.05, 3.63) is 29.8 Å². The fraction of sp³-hybridized carbons (Fsp3) is 0.222. The largest absolute Gasteiger partial charge is 0.482 e. The van der Waals surface area contributed by atoms with Gasteiger partial charge in [-0.2, -0.15) is 22.8 Å². The summed E-state index contributed by atoms with van der Waals surface area (Å²) in [6, 6.07) is 4.11. The third-order valence-electron chi connectivity index (χ3n) is 1.61. The lowest BCUT2D eigenvalue weighted by atomic mass is 10.2. The third kappa shape index (κ3) is 4.16. The van der Waals surface area contributed by atoms with Gasteiger partial charge in [-0.05, 0) is 19.1 Å². The van der Waals surface area contributed by atoms with Gasteiger partial charge in [0.1, 0.15) is 0 Å². The van der Waals surface area contributed by atoms with Gasteiger partial charge in [-0.1, -0.05) is 17.7 Å². The number of hydrogen-bond acceptors (Lipinski definition) is 2. The molecule has 0 unspecified atom stereocenters. The summed E-state index contributed by atoms with van der Waals surface area (Å²) in [4.78, 5) is 15.3. The number of hydrogen-bond donors (Lipinski definition) is 0. The zero-order valence-electron chi connectivity index (χ0n) is 8.42. The molecule has 0 spiro atoms. The molecule has 17 heavy (non-hydrogen) atoms. The minimum atomic E-state index is -5.69. The second-order valence-corrected chi connectivity index (χ2v) is 4.68. The number of halogens is 5. The summed E-state index contributed by atoms with van der Waals surface area (Å²) in [5, 5.41) is 0. The minimum absolute atomic E-state index is 0.250. The van der Waals surface area contributed by atoms with E-state index in [0.717, 1.165) is 12.1 Å². The molecule has 8 heteroatoms. The summed E-state index contributed by atoms with van der Waals surface area (Å²) in [6.45, 7) is 1.62. The summed E-state index contributed by atoms with van der Waals surface area (Å²) in [6.07, 6.45) is 0.250. The van der Waals surface area contributed by atoms with Crippen molar-refractivity contribution < 1.29 is 30.5 Å². The van der Waals surface area contributed by atoms with E-state index in [1.165, 1.54) is 12.1 Å². The zero-order valence-corrected chi connectivity index (χ0v) is 9.24. The Morgan fingerprint density at radius 3 is 1.71 bits per heavy atom. The molecule has 0 radical (unpaired) electrons. The Morgan fingerprint density at radius 2 is 1.41 bits per heavy atom. The van der Waals surface area contributed by atoms with E-state index in [0.29, 0.717) is 5.56 Å². The van der Waals surface area contributed by atoms with Crippen LogP contribution in [0.25, 0.3) is 0 Å². The molecule has 2 nitrogen and oxygen atoms in total. The molecular formula is C9H7F5O2S. The van der Waals surface area contributed by atoms with E-state index in [4.69, 9.17) is 9.59 Å². The molecular weight excluding hydrogens is 267 g/mol. The van der Waals surface area contributed by atoms with Gasteiger partial charge in [0.15, 0.2) is 10.8 Å². The molecule has 1 aromatic carbocycles. The molecule has 96 valence electrons. The van der Waals surface area contributed by atoms with E-state index >= 15 is 0 Å². The Balaban J connectivity index is 0.000000770. The van der Waals surface area contributed by atoms with Crippen molar-refractivity contribution >= 4 is 17.0 Å². The Labute approximate surface area is 95.3 Å². The molecule has 0 bridgehead atoms. The molecule has 0 aliphatic heterocycles. The van der Waals surface area contributed by atoms with Gasteiger partial charge in [-0.3, -0.25) is 0 Å². The second kappa shape index (κ2) is 5.79. The minimum Gasteiger partial charge on any atom is -0.186 e. The molecule has 0 aliphatic rings. The first-order valence-electron chi connectivity index (χ1n) is 4.01. The lowest BCUT2D eigenvalue weighted by Crippen LogP contribution is -2.12. The molecule has 0 fully saturated rings. The summed E-state index contributed by atoms with van der Waals surface area (Å²) in [5.74, 6) is 0. The maximum absolute atomic E-state index is 12.8. The average Bonchev–Trinajstić information content (AvgIpc) is 2.17. The van der Waals surface area contributed by atoms with E-state index in [1.807, 2.05) is 0 Å². The average molecular weight is 274 g/mol.